The fourth-order valence-electron chi connectivity index (χ4n) is 2.63. The lowest BCUT2D eigenvalue weighted by molar-refractivity contribution is 0.689. The fraction of sp³-hybridized carbons (Fsp3) is 0.304. The van der Waals surface area contributed by atoms with Gasteiger partial charge in [-0.3, -0.25) is 4.72 Å². The molecule has 0 spiro atoms. The zero-order valence-corrected chi connectivity index (χ0v) is 17.1. The first-order chi connectivity index (χ1) is 12.5. The first-order valence-electron chi connectivity index (χ1n) is 9.18. The molecule has 26 heavy (non-hydrogen) atoms. The fourth-order valence-corrected chi connectivity index (χ4v) is 3.41. The average molecular weight is 367 g/mol. The number of aryl methyl sites for hydroxylation is 2. The largest absolute Gasteiger partial charge is 0.379 e. The molecule has 1 atom stereocenters. The Bertz CT molecular complexity index is 747. The van der Waals surface area contributed by atoms with E-state index in [1.165, 1.54) is 21.6 Å². The molecule has 2 aromatic carbocycles. The maximum absolute atomic E-state index is 4.18. The van der Waals surface area contributed by atoms with Gasteiger partial charge >= 0.3 is 0 Å². The van der Waals surface area contributed by atoms with E-state index < -0.39 is 0 Å². The Morgan fingerprint density at radius 2 is 1.85 bits per heavy atom. The summed E-state index contributed by atoms with van der Waals surface area (Å²) >= 11 is 1.68. The van der Waals surface area contributed by atoms with Gasteiger partial charge in [-0.05, 0) is 73.5 Å². The van der Waals surface area contributed by atoms with Gasteiger partial charge in [0.1, 0.15) is 0 Å². The van der Waals surface area contributed by atoms with Crippen molar-refractivity contribution in [3.05, 3.63) is 83.4 Å². The summed E-state index contributed by atoms with van der Waals surface area (Å²) in [6, 6.07) is 15.5. The van der Waals surface area contributed by atoms with Gasteiger partial charge in [-0.1, -0.05) is 56.0 Å². The highest BCUT2D eigenvalue weighted by atomic mass is 32.2. The summed E-state index contributed by atoms with van der Waals surface area (Å²) in [5.41, 5.74) is 6.03. The lowest BCUT2D eigenvalue weighted by Crippen LogP contribution is -2.24. The standard InChI is InChI=1S/C23H30N2S/c1-6-8-22(7-2)25-19(5)21-12-10-20(11-13-21)16-24-26-23-14-9-17(3)18(4)15-23/h6,8-15,22,24-25H,5,7,16H2,1-4H3/b8-6+. The molecule has 0 saturated carbocycles. The first-order valence-corrected chi connectivity index (χ1v) is 9.99. The highest BCUT2D eigenvalue weighted by Crippen LogP contribution is 2.19. The summed E-state index contributed by atoms with van der Waals surface area (Å²) in [5, 5.41) is 3.48. The third kappa shape index (κ3) is 6.08. The van der Waals surface area contributed by atoms with Crippen molar-refractivity contribution in [2.75, 3.05) is 0 Å². The smallest absolute Gasteiger partial charge is 0.0441 e. The van der Waals surface area contributed by atoms with Crippen LogP contribution in [0.4, 0.5) is 0 Å². The number of rotatable bonds is 9. The molecule has 0 radical (unpaired) electrons. The Morgan fingerprint density at radius 1 is 1.12 bits per heavy atom. The van der Waals surface area contributed by atoms with Gasteiger partial charge in [0.25, 0.3) is 0 Å². The molecule has 0 fully saturated rings. The van der Waals surface area contributed by atoms with Gasteiger partial charge < -0.3 is 5.32 Å². The molecule has 0 aliphatic heterocycles. The monoisotopic (exact) mass is 366 g/mol. The van der Waals surface area contributed by atoms with E-state index in [0.717, 1.165) is 24.2 Å². The van der Waals surface area contributed by atoms with E-state index >= 15 is 0 Å². The predicted octanol–water partition coefficient (Wildman–Crippen LogP) is 6.02. The molecular weight excluding hydrogens is 336 g/mol. The van der Waals surface area contributed by atoms with E-state index in [2.05, 4.69) is 92.0 Å². The normalized spacial score (nSPS) is 12.3. The zero-order chi connectivity index (χ0) is 18.9. The van der Waals surface area contributed by atoms with Crippen LogP contribution in [0.5, 0.6) is 0 Å². The van der Waals surface area contributed by atoms with Crippen molar-refractivity contribution in [1.82, 2.24) is 10.0 Å². The minimum atomic E-state index is 0.336. The van der Waals surface area contributed by atoms with Gasteiger partial charge in [-0.25, -0.2) is 0 Å². The Morgan fingerprint density at radius 3 is 2.46 bits per heavy atom. The summed E-state index contributed by atoms with van der Waals surface area (Å²) in [6.45, 7) is 13.5. The summed E-state index contributed by atoms with van der Waals surface area (Å²) in [6.07, 6.45) is 5.30. The molecule has 0 aromatic heterocycles. The van der Waals surface area contributed by atoms with E-state index in [0.29, 0.717) is 6.04 Å². The Hall–Kier alpha value is -1.97. The number of allylic oxidation sites excluding steroid dienone is 1. The van der Waals surface area contributed by atoms with Crippen LogP contribution in [0.1, 0.15) is 42.5 Å². The van der Waals surface area contributed by atoms with Gasteiger partial charge in [0.15, 0.2) is 0 Å². The molecule has 0 aliphatic carbocycles. The van der Waals surface area contributed by atoms with Gasteiger partial charge in [0.05, 0.1) is 0 Å². The van der Waals surface area contributed by atoms with Crippen molar-refractivity contribution >= 4 is 17.6 Å². The molecule has 0 bridgehead atoms. The number of benzene rings is 2. The summed E-state index contributed by atoms with van der Waals surface area (Å²) < 4.78 is 3.44. The molecule has 2 nitrogen and oxygen atoms in total. The number of hydrogen-bond acceptors (Lipinski definition) is 3. The summed E-state index contributed by atoms with van der Waals surface area (Å²) in [7, 11) is 0. The maximum Gasteiger partial charge on any atom is 0.0441 e. The Kier molecular flexibility index (Phi) is 8.02. The van der Waals surface area contributed by atoms with Crippen LogP contribution < -0.4 is 10.0 Å². The topological polar surface area (TPSA) is 24.1 Å². The van der Waals surface area contributed by atoms with Crippen LogP contribution in [0.2, 0.25) is 0 Å². The SMILES string of the molecule is C=C(NC(/C=C/C)CC)c1ccc(CNSc2ccc(C)c(C)c2)cc1. The van der Waals surface area contributed by atoms with Crippen molar-refractivity contribution in [3.63, 3.8) is 0 Å². The van der Waals surface area contributed by atoms with Crippen LogP contribution in [0.25, 0.3) is 5.70 Å². The van der Waals surface area contributed by atoms with E-state index in [1.54, 1.807) is 11.9 Å². The second-order valence-corrected chi connectivity index (χ2v) is 7.49. The van der Waals surface area contributed by atoms with E-state index in [4.69, 9.17) is 0 Å². The van der Waals surface area contributed by atoms with Gasteiger partial charge in [-0.15, -0.1) is 0 Å². The third-order valence-electron chi connectivity index (χ3n) is 4.47. The third-order valence-corrected chi connectivity index (χ3v) is 5.25. The van der Waals surface area contributed by atoms with Crippen molar-refractivity contribution in [2.45, 2.75) is 51.6 Å². The average Bonchev–Trinajstić information content (AvgIpc) is 2.64. The van der Waals surface area contributed by atoms with Crippen LogP contribution in [0.3, 0.4) is 0 Å². The molecule has 2 aromatic rings. The number of nitrogens with one attached hydrogen (secondary N) is 2. The summed E-state index contributed by atoms with van der Waals surface area (Å²) in [4.78, 5) is 1.25. The van der Waals surface area contributed by atoms with E-state index in [9.17, 15) is 0 Å². The maximum atomic E-state index is 4.18. The first kappa shape index (κ1) is 20.3. The van der Waals surface area contributed by atoms with Gasteiger partial charge in [0.2, 0.25) is 0 Å². The van der Waals surface area contributed by atoms with Crippen LogP contribution in [0, 0.1) is 13.8 Å². The van der Waals surface area contributed by atoms with Crippen molar-refractivity contribution in [2.24, 2.45) is 0 Å². The predicted molar refractivity (Wildman–Crippen MR) is 116 cm³/mol. The van der Waals surface area contributed by atoms with Crippen molar-refractivity contribution in [1.29, 1.82) is 0 Å². The second-order valence-electron chi connectivity index (χ2n) is 6.53. The molecule has 0 heterocycles. The molecular formula is C23H30N2S. The van der Waals surface area contributed by atoms with E-state index in [-0.39, 0.29) is 0 Å². The van der Waals surface area contributed by atoms with Crippen molar-refractivity contribution < 1.29 is 0 Å². The van der Waals surface area contributed by atoms with Crippen LogP contribution in [-0.2, 0) is 6.54 Å². The van der Waals surface area contributed by atoms with E-state index in [1.807, 2.05) is 6.92 Å². The Labute approximate surface area is 162 Å². The van der Waals surface area contributed by atoms with Crippen LogP contribution in [-0.4, -0.2) is 6.04 Å². The molecule has 1 unspecified atom stereocenters. The van der Waals surface area contributed by atoms with Crippen molar-refractivity contribution in [3.8, 4) is 0 Å². The molecule has 0 saturated heterocycles. The number of hydrogen-bond donors (Lipinski definition) is 2. The highest BCUT2D eigenvalue weighted by Gasteiger charge is 2.05. The minimum absolute atomic E-state index is 0.336. The zero-order valence-electron chi connectivity index (χ0n) is 16.3. The lowest BCUT2D eigenvalue weighted by Gasteiger charge is -2.17. The summed E-state index contributed by atoms with van der Waals surface area (Å²) in [5.74, 6) is 0. The molecule has 0 amide bonds. The highest BCUT2D eigenvalue weighted by molar-refractivity contribution is 7.97. The molecule has 138 valence electrons. The minimum Gasteiger partial charge on any atom is -0.379 e. The van der Waals surface area contributed by atoms with Crippen LogP contribution in [0.15, 0.2) is 66.1 Å². The lowest BCUT2D eigenvalue weighted by atomic mass is 10.1. The molecule has 2 N–H and O–H groups in total. The van der Waals surface area contributed by atoms with Crippen LogP contribution >= 0.6 is 11.9 Å². The molecule has 0 aliphatic rings. The Balaban J connectivity index is 1.86. The van der Waals surface area contributed by atoms with Gasteiger partial charge in [0, 0.05) is 23.2 Å². The second kappa shape index (κ2) is 10.2. The molecule has 2 rings (SSSR count). The quantitative estimate of drug-likeness (QED) is 0.419. The molecule has 3 heteroatoms. The van der Waals surface area contributed by atoms with Gasteiger partial charge in [-0.2, -0.15) is 0 Å².